The quantitative estimate of drug-likeness (QED) is 0.0496. The average molecular weight is 693 g/mol. The third-order valence-electron chi connectivity index (χ3n) is 6.73. The zero-order chi connectivity index (χ0) is 32.3. The van der Waals surface area contributed by atoms with Crippen LogP contribution in [0.15, 0.2) is 0 Å². The van der Waals surface area contributed by atoms with E-state index in [0.29, 0.717) is 39.6 Å². The summed E-state index contributed by atoms with van der Waals surface area (Å²) in [6, 6.07) is 0. The van der Waals surface area contributed by atoms with E-state index in [2.05, 4.69) is 41.5 Å². The van der Waals surface area contributed by atoms with Gasteiger partial charge in [0.05, 0.1) is 39.6 Å². The lowest BCUT2D eigenvalue weighted by Crippen LogP contribution is -2.04. The molecule has 0 aromatic rings. The SMILES string of the molecule is CCCCCCOP(=O)(OCCCCCC)OCCCCCC.CCCCCOP(=O)(OCCCCC)OCCCCC.P. The van der Waals surface area contributed by atoms with Crippen LogP contribution in [0.4, 0.5) is 0 Å². The van der Waals surface area contributed by atoms with Gasteiger partial charge >= 0.3 is 15.6 Å². The summed E-state index contributed by atoms with van der Waals surface area (Å²) >= 11 is 0. The van der Waals surface area contributed by atoms with Crippen molar-refractivity contribution in [1.82, 2.24) is 0 Å². The van der Waals surface area contributed by atoms with Crippen molar-refractivity contribution in [2.24, 2.45) is 0 Å². The lowest BCUT2D eigenvalue weighted by molar-refractivity contribution is 0.107. The zero-order valence-electron chi connectivity index (χ0n) is 30.0. The van der Waals surface area contributed by atoms with Gasteiger partial charge in [0.1, 0.15) is 0 Å². The molecular weight excluding hydrogens is 617 g/mol. The molecule has 0 fully saturated rings. The van der Waals surface area contributed by atoms with Crippen molar-refractivity contribution in [2.45, 2.75) is 176 Å². The summed E-state index contributed by atoms with van der Waals surface area (Å²) in [6.07, 6.45) is 22.4. The maximum atomic E-state index is 12.6. The van der Waals surface area contributed by atoms with Crippen molar-refractivity contribution >= 4 is 25.5 Å². The van der Waals surface area contributed by atoms with Crippen LogP contribution in [-0.4, -0.2) is 39.6 Å². The topological polar surface area (TPSA) is 89.5 Å². The molecule has 0 aliphatic rings. The second kappa shape index (κ2) is 38.1. The van der Waals surface area contributed by atoms with Gasteiger partial charge in [-0.25, -0.2) is 9.13 Å². The van der Waals surface area contributed by atoms with Crippen LogP contribution in [0.25, 0.3) is 0 Å². The van der Waals surface area contributed by atoms with Gasteiger partial charge in [-0.1, -0.05) is 138 Å². The van der Waals surface area contributed by atoms with Gasteiger partial charge in [0.25, 0.3) is 0 Å². The van der Waals surface area contributed by atoms with Crippen LogP contribution >= 0.6 is 25.5 Å². The molecule has 0 aliphatic carbocycles. The minimum Gasteiger partial charge on any atom is -0.287 e. The molecule has 0 heterocycles. The predicted octanol–water partition coefficient (Wildman–Crippen LogP) is 12.7. The highest BCUT2D eigenvalue weighted by atomic mass is 31.2. The van der Waals surface area contributed by atoms with Gasteiger partial charge < -0.3 is 0 Å². The molecule has 0 saturated carbocycles. The monoisotopic (exact) mass is 692 g/mol. The highest BCUT2D eigenvalue weighted by molar-refractivity contribution is 7.48. The third-order valence-corrected chi connectivity index (χ3v) is 9.73. The summed E-state index contributed by atoms with van der Waals surface area (Å²) in [4.78, 5) is 0. The fraction of sp³-hybridized carbons (Fsp3) is 1.00. The molecule has 0 bridgehead atoms. The van der Waals surface area contributed by atoms with E-state index in [4.69, 9.17) is 27.1 Å². The summed E-state index contributed by atoms with van der Waals surface area (Å²) in [6.45, 7) is 15.6. The van der Waals surface area contributed by atoms with Crippen molar-refractivity contribution in [3.63, 3.8) is 0 Å². The number of rotatable bonds is 33. The van der Waals surface area contributed by atoms with E-state index in [1.54, 1.807) is 0 Å². The van der Waals surface area contributed by atoms with Crippen LogP contribution in [0.5, 0.6) is 0 Å². The van der Waals surface area contributed by atoms with Crippen molar-refractivity contribution < 1.29 is 36.3 Å². The van der Waals surface area contributed by atoms with E-state index in [0.717, 1.165) is 96.3 Å². The number of hydrogen-bond acceptors (Lipinski definition) is 8. The van der Waals surface area contributed by atoms with E-state index in [-0.39, 0.29) is 9.90 Å². The minimum atomic E-state index is -3.37. The number of phosphoric ester groups is 2. The fourth-order valence-electron chi connectivity index (χ4n) is 3.92. The van der Waals surface area contributed by atoms with E-state index in [9.17, 15) is 9.13 Å². The molecule has 0 radical (unpaired) electrons. The number of phosphoric acid groups is 2. The Morgan fingerprint density at radius 2 is 0.455 bits per heavy atom. The van der Waals surface area contributed by atoms with Gasteiger partial charge in [0, 0.05) is 0 Å². The fourth-order valence-corrected chi connectivity index (χ4v) is 6.49. The Hall–Kier alpha value is 0.650. The Morgan fingerprint density at radius 1 is 0.295 bits per heavy atom. The van der Waals surface area contributed by atoms with Gasteiger partial charge in [0.15, 0.2) is 0 Å². The first-order chi connectivity index (χ1) is 20.9. The summed E-state index contributed by atoms with van der Waals surface area (Å²) < 4.78 is 57.8. The molecule has 0 N–H and O–H groups in total. The Bertz CT molecular complexity index is 559. The average Bonchev–Trinajstić information content (AvgIpc) is 3.00. The summed E-state index contributed by atoms with van der Waals surface area (Å²) in [5.74, 6) is 0. The molecule has 8 nitrogen and oxygen atoms in total. The number of unbranched alkanes of at least 4 members (excludes halogenated alkanes) is 15. The molecule has 1 atom stereocenters. The van der Waals surface area contributed by atoms with Crippen LogP contribution in [0.1, 0.15) is 176 Å². The third kappa shape index (κ3) is 35.5. The highest BCUT2D eigenvalue weighted by Gasteiger charge is 2.27. The second-order valence-electron chi connectivity index (χ2n) is 11.2. The van der Waals surface area contributed by atoms with Crippen LogP contribution in [0.3, 0.4) is 0 Å². The van der Waals surface area contributed by atoms with Gasteiger partial charge in [-0.3, -0.25) is 27.1 Å². The Labute approximate surface area is 277 Å². The molecule has 44 heavy (non-hydrogen) atoms. The van der Waals surface area contributed by atoms with E-state index in [1.807, 2.05) is 0 Å². The Morgan fingerprint density at radius 3 is 0.636 bits per heavy atom. The molecule has 0 rings (SSSR count). The summed E-state index contributed by atoms with van der Waals surface area (Å²) in [7, 11) is -6.71. The minimum absolute atomic E-state index is 0. The standard InChI is InChI=1S/C18H39O4P.C15H33O4P.H3P/c1-4-7-10-13-16-20-23(19,21-17-14-11-8-5-2)22-18-15-12-9-6-3;1-4-7-10-13-17-20(16,18-14-11-8-5-2)19-15-12-9-6-3;/h4-18H2,1-3H3;4-15H2,1-3H3;1H3. The molecule has 11 heteroatoms. The van der Waals surface area contributed by atoms with Crippen LogP contribution in [-0.2, 0) is 36.3 Å². The molecule has 0 spiro atoms. The predicted molar refractivity (Wildman–Crippen MR) is 193 cm³/mol. The maximum Gasteiger partial charge on any atom is 0.474 e. The van der Waals surface area contributed by atoms with E-state index in [1.165, 1.54) is 38.5 Å². The molecule has 0 aromatic carbocycles. The normalized spacial score (nSPS) is 11.7. The van der Waals surface area contributed by atoms with E-state index >= 15 is 0 Å². The first kappa shape index (κ1) is 49.0. The summed E-state index contributed by atoms with van der Waals surface area (Å²) in [5.41, 5.74) is 0. The lowest BCUT2D eigenvalue weighted by Gasteiger charge is -2.18. The van der Waals surface area contributed by atoms with Crippen molar-refractivity contribution in [1.29, 1.82) is 0 Å². The molecular formula is C33H75O8P3. The molecule has 0 aliphatic heterocycles. The van der Waals surface area contributed by atoms with Gasteiger partial charge in [0.2, 0.25) is 0 Å². The molecule has 0 aromatic heterocycles. The number of hydrogen-bond donors (Lipinski definition) is 0. The van der Waals surface area contributed by atoms with Crippen LogP contribution in [0, 0.1) is 0 Å². The van der Waals surface area contributed by atoms with Crippen LogP contribution < -0.4 is 0 Å². The maximum absolute atomic E-state index is 12.6. The second-order valence-corrected chi connectivity index (χ2v) is 14.5. The smallest absolute Gasteiger partial charge is 0.287 e. The van der Waals surface area contributed by atoms with Crippen molar-refractivity contribution in [3.05, 3.63) is 0 Å². The Kier molecular flexibility index (Phi) is 42.5. The van der Waals surface area contributed by atoms with Crippen LogP contribution in [0.2, 0.25) is 0 Å². The first-order valence-corrected chi connectivity index (χ1v) is 20.9. The lowest BCUT2D eigenvalue weighted by atomic mass is 10.2. The molecule has 0 amide bonds. The van der Waals surface area contributed by atoms with E-state index < -0.39 is 15.6 Å². The van der Waals surface area contributed by atoms with Gasteiger partial charge in [-0.15, -0.1) is 0 Å². The first-order valence-electron chi connectivity index (χ1n) is 17.9. The molecule has 0 saturated heterocycles. The van der Waals surface area contributed by atoms with Gasteiger partial charge in [-0.2, -0.15) is 9.90 Å². The zero-order valence-corrected chi connectivity index (χ0v) is 33.2. The molecule has 1 unspecified atom stereocenters. The van der Waals surface area contributed by atoms with Crippen molar-refractivity contribution in [2.75, 3.05) is 39.6 Å². The van der Waals surface area contributed by atoms with Gasteiger partial charge in [-0.05, 0) is 38.5 Å². The Balaban J connectivity index is -0.000000754. The summed E-state index contributed by atoms with van der Waals surface area (Å²) in [5, 5.41) is 0. The van der Waals surface area contributed by atoms with Crippen molar-refractivity contribution in [3.8, 4) is 0 Å². The highest BCUT2D eigenvalue weighted by Crippen LogP contribution is 2.50. The largest absolute Gasteiger partial charge is 0.474 e. The molecule has 270 valence electrons.